The minimum Gasteiger partial charge on any atom is -0.372 e. The summed E-state index contributed by atoms with van der Waals surface area (Å²) in [5.74, 6) is 1.34. The second kappa shape index (κ2) is 1.89. The monoisotopic (exact) mass is 101 g/mol. The third kappa shape index (κ3) is 0.710. The van der Waals surface area contributed by atoms with Crippen molar-refractivity contribution in [1.82, 2.24) is 0 Å². The fourth-order valence-corrected chi connectivity index (χ4v) is 1.18. The van der Waals surface area contributed by atoms with Gasteiger partial charge in [-0.3, -0.25) is 0 Å². The molecule has 1 aliphatic heterocycles. The maximum atomic E-state index is 5.31. The number of hydrogen-bond donors (Lipinski definition) is 1. The van der Waals surface area contributed by atoms with Crippen molar-refractivity contribution in [2.45, 2.75) is 11.6 Å². The number of rotatable bonds is 1. The van der Waals surface area contributed by atoms with Crippen molar-refractivity contribution >= 4 is 19.2 Å². The maximum absolute atomic E-state index is 5.31. The predicted molar refractivity (Wildman–Crippen MR) is 32.2 cm³/mol. The Hall–Kier alpha value is 0.375. The zero-order chi connectivity index (χ0) is 4.41. The van der Waals surface area contributed by atoms with Crippen LogP contribution in [0.15, 0.2) is 0 Å². The van der Waals surface area contributed by atoms with Crippen LogP contribution in [0.4, 0.5) is 0 Å². The molecule has 0 amide bonds. The second-order valence-electron chi connectivity index (χ2n) is 1.52. The van der Waals surface area contributed by atoms with Gasteiger partial charge < -0.3 is 5.64 Å². The first kappa shape index (κ1) is 4.53. The minimum absolute atomic E-state index is 0.810. The Balaban J connectivity index is 2.01. The Labute approximate surface area is 42.9 Å². The van der Waals surface area contributed by atoms with Crippen LogP contribution in [0, 0.1) is 0 Å². The number of thioether (sulfide) groups is 1. The van der Waals surface area contributed by atoms with Gasteiger partial charge in [-0.05, 0) is 17.3 Å². The van der Waals surface area contributed by atoms with E-state index in [0.717, 1.165) is 12.6 Å². The van der Waals surface area contributed by atoms with Crippen LogP contribution in [0.3, 0.4) is 0 Å². The zero-order valence-electron chi connectivity index (χ0n) is 3.68. The summed E-state index contributed by atoms with van der Waals surface area (Å²) < 4.78 is 0. The molecular weight excluding hydrogens is 92.9 g/mol. The molecule has 0 aromatic carbocycles. The van der Waals surface area contributed by atoms with E-state index in [0.29, 0.717) is 0 Å². The van der Waals surface area contributed by atoms with Gasteiger partial charge in [-0.1, -0.05) is 0 Å². The van der Waals surface area contributed by atoms with Crippen LogP contribution in [0.1, 0.15) is 6.42 Å². The van der Waals surface area contributed by atoms with Crippen molar-refractivity contribution in [2.75, 3.05) is 5.75 Å². The SMILES string of the molecule is NBC1CCS1. The van der Waals surface area contributed by atoms with E-state index in [1.807, 2.05) is 11.8 Å². The van der Waals surface area contributed by atoms with Gasteiger partial charge in [0, 0.05) is 0 Å². The van der Waals surface area contributed by atoms with E-state index >= 15 is 0 Å². The quantitative estimate of drug-likeness (QED) is 0.461. The average molecular weight is 101 g/mol. The predicted octanol–water partition coefficient (Wildman–Crippen LogP) is -0.240. The lowest BCUT2D eigenvalue weighted by atomic mass is 9.88. The molecule has 0 aromatic rings. The molecule has 0 aliphatic carbocycles. The van der Waals surface area contributed by atoms with Crippen LogP contribution < -0.4 is 5.64 Å². The van der Waals surface area contributed by atoms with E-state index in [1.54, 1.807) is 0 Å². The van der Waals surface area contributed by atoms with Gasteiger partial charge in [0.05, 0.1) is 0 Å². The molecule has 1 aliphatic rings. The van der Waals surface area contributed by atoms with Gasteiger partial charge in [-0.15, -0.1) is 0 Å². The minimum atomic E-state index is 0.810. The molecule has 34 valence electrons. The summed E-state index contributed by atoms with van der Waals surface area (Å²) in [4.78, 5) is 0. The molecule has 0 bridgehead atoms. The Bertz CT molecular complexity index is 43.3. The fraction of sp³-hybridized carbons (Fsp3) is 1.00. The summed E-state index contributed by atoms with van der Waals surface area (Å²) in [6, 6.07) is 0. The number of hydrogen-bond acceptors (Lipinski definition) is 2. The molecule has 0 radical (unpaired) electrons. The highest BCUT2D eigenvalue weighted by Crippen LogP contribution is 2.24. The lowest BCUT2D eigenvalue weighted by molar-refractivity contribution is 0.986. The average Bonchev–Trinajstić information content (AvgIpc) is 1.31. The van der Waals surface area contributed by atoms with Crippen LogP contribution >= 0.6 is 11.8 Å². The topological polar surface area (TPSA) is 26.0 Å². The van der Waals surface area contributed by atoms with Crippen molar-refractivity contribution in [3.05, 3.63) is 0 Å². The van der Waals surface area contributed by atoms with Crippen LogP contribution in [0.25, 0.3) is 0 Å². The highest BCUT2D eigenvalue weighted by atomic mass is 32.2. The molecule has 2 N–H and O–H groups in total. The molecule has 3 heteroatoms. The van der Waals surface area contributed by atoms with E-state index < -0.39 is 0 Å². The van der Waals surface area contributed by atoms with Crippen LogP contribution in [-0.2, 0) is 0 Å². The van der Waals surface area contributed by atoms with Crippen LogP contribution in [0.5, 0.6) is 0 Å². The smallest absolute Gasteiger partial charge is 0.212 e. The normalized spacial score (nSPS) is 31.8. The van der Waals surface area contributed by atoms with Gasteiger partial charge in [0.1, 0.15) is 0 Å². The van der Waals surface area contributed by atoms with Crippen molar-refractivity contribution < 1.29 is 0 Å². The zero-order valence-corrected chi connectivity index (χ0v) is 4.50. The van der Waals surface area contributed by atoms with E-state index in [-0.39, 0.29) is 0 Å². The van der Waals surface area contributed by atoms with Crippen molar-refractivity contribution in [3.63, 3.8) is 0 Å². The third-order valence-electron chi connectivity index (χ3n) is 1.06. The highest BCUT2D eigenvalue weighted by molar-refractivity contribution is 8.02. The van der Waals surface area contributed by atoms with Gasteiger partial charge in [-0.2, -0.15) is 11.8 Å². The fourth-order valence-electron chi connectivity index (χ4n) is 0.470. The molecule has 1 saturated heterocycles. The lowest BCUT2D eigenvalue weighted by Gasteiger charge is -2.21. The van der Waals surface area contributed by atoms with Crippen LogP contribution in [-0.4, -0.2) is 18.3 Å². The van der Waals surface area contributed by atoms with Gasteiger partial charge in [0.15, 0.2) is 0 Å². The summed E-state index contributed by atoms with van der Waals surface area (Å²) in [6.45, 7) is 0. The summed E-state index contributed by atoms with van der Waals surface area (Å²) >= 11 is 1.98. The molecule has 1 atom stereocenters. The van der Waals surface area contributed by atoms with E-state index in [1.165, 1.54) is 12.2 Å². The molecule has 1 heterocycles. The number of nitrogens with two attached hydrogens (primary N) is 1. The molecule has 0 spiro atoms. The molecule has 6 heavy (non-hydrogen) atoms. The second-order valence-corrected chi connectivity index (χ2v) is 2.93. The standard InChI is InChI=1S/C3H8BNS/c5-4-3-1-2-6-3/h3-4H,1-2,5H2. The van der Waals surface area contributed by atoms with Crippen LogP contribution in [0.2, 0.25) is 0 Å². The lowest BCUT2D eigenvalue weighted by Crippen LogP contribution is -2.28. The molecule has 1 nitrogen and oxygen atoms in total. The first-order chi connectivity index (χ1) is 2.93. The highest BCUT2D eigenvalue weighted by Gasteiger charge is 2.15. The molecule has 0 saturated carbocycles. The van der Waals surface area contributed by atoms with Gasteiger partial charge in [0.2, 0.25) is 7.41 Å². The van der Waals surface area contributed by atoms with E-state index in [9.17, 15) is 0 Å². The Morgan fingerprint density at radius 2 is 2.50 bits per heavy atom. The molecule has 0 aromatic heterocycles. The van der Waals surface area contributed by atoms with E-state index in [2.05, 4.69) is 0 Å². The first-order valence-corrected chi connectivity index (χ1v) is 3.30. The van der Waals surface area contributed by atoms with Crippen molar-refractivity contribution in [3.8, 4) is 0 Å². The molecular formula is C3H8BNS. The van der Waals surface area contributed by atoms with Gasteiger partial charge >= 0.3 is 0 Å². The summed E-state index contributed by atoms with van der Waals surface area (Å²) in [6.07, 6.45) is 1.35. The summed E-state index contributed by atoms with van der Waals surface area (Å²) in [5.41, 5.74) is 5.31. The summed E-state index contributed by atoms with van der Waals surface area (Å²) in [5, 5.41) is 0.810. The maximum Gasteiger partial charge on any atom is 0.212 e. The van der Waals surface area contributed by atoms with Gasteiger partial charge in [0.25, 0.3) is 0 Å². The first-order valence-electron chi connectivity index (χ1n) is 2.25. The molecule has 1 fully saturated rings. The largest absolute Gasteiger partial charge is 0.372 e. The Morgan fingerprint density at radius 1 is 1.83 bits per heavy atom. The summed E-state index contributed by atoms with van der Waals surface area (Å²) in [7, 11) is 0.880. The Morgan fingerprint density at radius 3 is 2.50 bits per heavy atom. The van der Waals surface area contributed by atoms with Crippen molar-refractivity contribution in [1.29, 1.82) is 0 Å². The third-order valence-corrected chi connectivity index (χ3v) is 2.43. The van der Waals surface area contributed by atoms with Crippen molar-refractivity contribution in [2.24, 2.45) is 5.64 Å². The molecule has 1 rings (SSSR count). The van der Waals surface area contributed by atoms with Gasteiger partial charge in [-0.25, -0.2) is 0 Å². The Kier molecular flexibility index (Phi) is 1.43. The van der Waals surface area contributed by atoms with E-state index in [4.69, 9.17) is 5.64 Å². The molecule has 1 unspecified atom stereocenters.